The number of amides is 1. The van der Waals surface area contributed by atoms with Gasteiger partial charge in [-0.2, -0.15) is 5.10 Å². The fraction of sp³-hybridized carbons (Fsp3) is 0.476. The number of aryl methyl sites for hydroxylation is 2. The van der Waals surface area contributed by atoms with E-state index in [4.69, 9.17) is 9.72 Å². The van der Waals surface area contributed by atoms with Crippen molar-refractivity contribution >= 4 is 32.6 Å². The van der Waals surface area contributed by atoms with Crippen molar-refractivity contribution in [3.05, 3.63) is 35.7 Å². The molecule has 0 aliphatic heterocycles. The third-order valence-electron chi connectivity index (χ3n) is 4.43. The van der Waals surface area contributed by atoms with Crippen LogP contribution in [0.4, 0.5) is 5.13 Å². The first-order chi connectivity index (χ1) is 13.2. The Morgan fingerprint density at radius 1 is 1.29 bits per heavy atom. The standard InChI is InChI=1S/C21H28N4O2S/c1-7-27-16-9-8-10-17-18(16)22-20(28-17)24(19(26)21(4,5)6)11-12-25-15(3)13-14(2)23-25/h8-10,13H,7,11-12H2,1-6H3. The van der Waals surface area contributed by atoms with Crippen LogP contribution >= 0.6 is 11.3 Å². The quantitative estimate of drug-likeness (QED) is 0.607. The maximum Gasteiger partial charge on any atom is 0.234 e. The fourth-order valence-electron chi connectivity index (χ4n) is 3.08. The van der Waals surface area contributed by atoms with Crippen LogP contribution in [0, 0.1) is 19.3 Å². The van der Waals surface area contributed by atoms with E-state index in [0.717, 1.165) is 27.4 Å². The zero-order valence-electron chi connectivity index (χ0n) is 17.4. The second kappa shape index (κ2) is 7.91. The molecule has 0 N–H and O–H groups in total. The molecule has 2 aromatic heterocycles. The topological polar surface area (TPSA) is 60.2 Å². The van der Waals surface area contributed by atoms with Crippen molar-refractivity contribution in [3.63, 3.8) is 0 Å². The lowest BCUT2D eigenvalue weighted by atomic mass is 9.95. The van der Waals surface area contributed by atoms with Crippen molar-refractivity contribution < 1.29 is 9.53 Å². The minimum Gasteiger partial charge on any atom is -0.492 e. The molecule has 0 aliphatic carbocycles. The molecule has 28 heavy (non-hydrogen) atoms. The number of para-hydroxylation sites is 1. The van der Waals surface area contributed by atoms with Crippen molar-refractivity contribution in [1.82, 2.24) is 14.8 Å². The van der Waals surface area contributed by atoms with Crippen LogP contribution in [0.1, 0.15) is 39.1 Å². The van der Waals surface area contributed by atoms with Crippen LogP contribution in [0.3, 0.4) is 0 Å². The summed E-state index contributed by atoms with van der Waals surface area (Å²) in [6, 6.07) is 7.93. The molecular formula is C21H28N4O2S. The predicted molar refractivity (Wildman–Crippen MR) is 114 cm³/mol. The van der Waals surface area contributed by atoms with E-state index < -0.39 is 5.41 Å². The lowest BCUT2D eigenvalue weighted by molar-refractivity contribution is -0.125. The summed E-state index contributed by atoms with van der Waals surface area (Å²) in [6.07, 6.45) is 0. The molecule has 6 nitrogen and oxygen atoms in total. The molecule has 0 spiro atoms. The number of aromatic nitrogens is 3. The second-order valence-electron chi connectivity index (χ2n) is 7.89. The number of carbonyl (C=O) groups excluding carboxylic acids is 1. The molecule has 1 amide bonds. The van der Waals surface area contributed by atoms with E-state index in [-0.39, 0.29) is 5.91 Å². The highest BCUT2D eigenvalue weighted by atomic mass is 32.1. The molecule has 0 bridgehead atoms. The van der Waals surface area contributed by atoms with Crippen molar-refractivity contribution in [2.24, 2.45) is 5.41 Å². The van der Waals surface area contributed by atoms with Gasteiger partial charge in [0.25, 0.3) is 0 Å². The first kappa shape index (κ1) is 20.3. The Kier molecular flexibility index (Phi) is 5.74. The monoisotopic (exact) mass is 400 g/mol. The summed E-state index contributed by atoms with van der Waals surface area (Å²) in [4.78, 5) is 19.8. The number of hydrogen-bond acceptors (Lipinski definition) is 5. The molecule has 0 aliphatic rings. The van der Waals surface area contributed by atoms with Crippen LogP contribution in [0.15, 0.2) is 24.3 Å². The number of carbonyl (C=O) groups is 1. The average Bonchev–Trinajstić information content (AvgIpc) is 3.18. The van der Waals surface area contributed by atoms with E-state index in [9.17, 15) is 4.79 Å². The summed E-state index contributed by atoms with van der Waals surface area (Å²) < 4.78 is 8.67. The Hall–Kier alpha value is -2.41. The van der Waals surface area contributed by atoms with Gasteiger partial charge in [0.15, 0.2) is 5.13 Å². The molecular weight excluding hydrogens is 372 g/mol. The van der Waals surface area contributed by atoms with Gasteiger partial charge in [-0.3, -0.25) is 14.4 Å². The summed E-state index contributed by atoms with van der Waals surface area (Å²) in [6.45, 7) is 13.5. The van der Waals surface area contributed by atoms with Gasteiger partial charge in [0.1, 0.15) is 11.3 Å². The minimum absolute atomic E-state index is 0.0473. The molecule has 0 fully saturated rings. The predicted octanol–water partition coefficient (Wildman–Crippen LogP) is 4.59. The SMILES string of the molecule is CCOc1cccc2sc(N(CCn3nc(C)cc3C)C(=O)C(C)(C)C)nc12. The Bertz CT molecular complexity index is 984. The van der Waals surface area contributed by atoms with Crippen LogP contribution in [0.5, 0.6) is 5.75 Å². The lowest BCUT2D eigenvalue weighted by Crippen LogP contribution is -2.41. The second-order valence-corrected chi connectivity index (χ2v) is 8.90. The third kappa shape index (κ3) is 4.19. The van der Waals surface area contributed by atoms with Crippen LogP contribution < -0.4 is 9.64 Å². The van der Waals surface area contributed by atoms with Crippen LogP contribution in [-0.2, 0) is 11.3 Å². The van der Waals surface area contributed by atoms with Crippen molar-refractivity contribution in [2.75, 3.05) is 18.1 Å². The Labute approximate surface area is 170 Å². The van der Waals surface area contributed by atoms with Gasteiger partial charge >= 0.3 is 0 Å². The number of benzene rings is 1. The maximum atomic E-state index is 13.2. The zero-order valence-corrected chi connectivity index (χ0v) is 18.3. The summed E-state index contributed by atoms with van der Waals surface area (Å²) in [7, 11) is 0. The van der Waals surface area contributed by atoms with Crippen molar-refractivity contribution in [3.8, 4) is 5.75 Å². The van der Waals surface area contributed by atoms with Crippen LogP contribution in [0.2, 0.25) is 0 Å². The van der Waals surface area contributed by atoms with E-state index >= 15 is 0 Å². The largest absolute Gasteiger partial charge is 0.492 e. The Morgan fingerprint density at radius 3 is 2.64 bits per heavy atom. The molecule has 0 radical (unpaired) electrons. The van der Waals surface area contributed by atoms with E-state index in [1.807, 2.05) is 70.5 Å². The third-order valence-corrected chi connectivity index (χ3v) is 5.47. The molecule has 7 heteroatoms. The summed E-state index contributed by atoms with van der Waals surface area (Å²) in [5.41, 5.74) is 2.37. The molecule has 0 atom stereocenters. The number of hydrogen-bond donors (Lipinski definition) is 0. The zero-order chi connectivity index (χ0) is 20.5. The van der Waals surface area contributed by atoms with E-state index in [1.165, 1.54) is 11.3 Å². The van der Waals surface area contributed by atoms with Gasteiger partial charge in [-0.05, 0) is 39.0 Å². The molecule has 2 heterocycles. The minimum atomic E-state index is -0.504. The summed E-state index contributed by atoms with van der Waals surface area (Å²) in [5.74, 6) is 0.801. The Morgan fingerprint density at radius 2 is 2.04 bits per heavy atom. The van der Waals surface area contributed by atoms with Gasteiger partial charge in [0, 0.05) is 17.7 Å². The highest BCUT2D eigenvalue weighted by Crippen LogP contribution is 2.35. The van der Waals surface area contributed by atoms with Crippen molar-refractivity contribution in [1.29, 1.82) is 0 Å². The number of anilines is 1. The molecule has 3 rings (SSSR count). The van der Waals surface area contributed by atoms with E-state index in [0.29, 0.717) is 24.8 Å². The fourth-order valence-corrected chi connectivity index (χ4v) is 4.09. The molecule has 3 aromatic rings. The van der Waals surface area contributed by atoms with Gasteiger partial charge in [-0.15, -0.1) is 0 Å². The number of thiazole rings is 1. The first-order valence-electron chi connectivity index (χ1n) is 9.56. The molecule has 0 saturated heterocycles. The van der Waals surface area contributed by atoms with Gasteiger partial charge in [-0.25, -0.2) is 4.98 Å². The Balaban J connectivity index is 1.96. The number of rotatable bonds is 6. The van der Waals surface area contributed by atoms with Crippen LogP contribution in [0.25, 0.3) is 10.2 Å². The van der Waals surface area contributed by atoms with Crippen LogP contribution in [-0.4, -0.2) is 33.8 Å². The number of fused-ring (bicyclic) bond motifs is 1. The summed E-state index contributed by atoms with van der Waals surface area (Å²) in [5, 5.41) is 5.22. The smallest absolute Gasteiger partial charge is 0.234 e. The van der Waals surface area contributed by atoms with Gasteiger partial charge in [-0.1, -0.05) is 38.2 Å². The van der Waals surface area contributed by atoms with Gasteiger partial charge in [0.05, 0.1) is 23.5 Å². The molecule has 0 unspecified atom stereocenters. The van der Waals surface area contributed by atoms with E-state index in [1.54, 1.807) is 4.90 Å². The van der Waals surface area contributed by atoms with Gasteiger partial charge < -0.3 is 4.74 Å². The number of nitrogens with zero attached hydrogens (tertiary/aromatic N) is 4. The highest BCUT2D eigenvalue weighted by molar-refractivity contribution is 7.22. The summed E-state index contributed by atoms with van der Waals surface area (Å²) >= 11 is 1.52. The lowest BCUT2D eigenvalue weighted by Gasteiger charge is -2.27. The average molecular weight is 401 g/mol. The van der Waals surface area contributed by atoms with Crippen molar-refractivity contribution in [2.45, 2.75) is 48.1 Å². The van der Waals surface area contributed by atoms with Gasteiger partial charge in [0.2, 0.25) is 5.91 Å². The molecule has 150 valence electrons. The molecule has 0 saturated carbocycles. The maximum absolute atomic E-state index is 13.2. The number of ether oxygens (including phenoxy) is 1. The normalized spacial score (nSPS) is 11.8. The van der Waals surface area contributed by atoms with E-state index in [2.05, 4.69) is 5.10 Å². The highest BCUT2D eigenvalue weighted by Gasteiger charge is 2.30. The first-order valence-corrected chi connectivity index (χ1v) is 10.4. The molecule has 1 aromatic carbocycles.